The number of benzene rings is 3. The van der Waals surface area contributed by atoms with E-state index in [0.717, 1.165) is 0 Å². The summed E-state index contributed by atoms with van der Waals surface area (Å²) in [4.78, 5) is 0. The molecule has 1 aliphatic carbocycles. The molecule has 0 fully saturated rings. The maximum absolute atomic E-state index is 2.43. The molecule has 0 nitrogen and oxygen atoms in total. The van der Waals surface area contributed by atoms with E-state index in [1.807, 2.05) is 0 Å². The Hall–Kier alpha value is -2.08. The SMILES string of the molecule is CCCc1c(CCC)c2c3c(ccc(CCC)c3c1CCC)-c1ccccc1-2. The van der Waals surface area contributed by atoms with Gasteiger partial charge in [0.2, 0.25) is 0 Å². The molecule has 3 aromatic rings. The molecule has 0 aliphatic heterocycles. The zero-order valence-corrected chi connectivity index (χ0v) is 18.1. The summed E-state index contributed by atoms with van der Waals surface area (Å²) in [6, 6.07) is 14.0. The highest BCUT2D eigenvalue weighted by Crippen LogP contribution is 2.52. The minimum Gasteiger partial charge on any atom is -0.0651 e. The molecule has 0 heteroatoms. The van der Waals surface area contributed by atoms with Gasteiger partial charge in [-0.15, -0.1) is 0 Å². The van der Waals surface area contributed by atoms with E-state index in [1.165, 1.54) is 68.1 Å². The van der Waals surface area contributed by atoms with E-state index in [0.29, 0.717) is 0 Å². The summed E-state index contributed by atoms with van der Waals surface area (Å²) in [6.45, 7) is 9.33. The molecule has 0 bridgehead atoms. The van der Waals surface area contributed by atoms with E-state index in [4.69, 9.17) is 0 Å². The molecule has 0 saturated heterocycles. The van der Waals surface area contributed by atoms with Gasteiger partial charge in [0, 0.05) is 0 Å². The predicted octanol–water partition coefficient (Wildman–Crippen LogP) is 8.30. The van der Waals surface area contributed by atoms with Gasteiger partial charge in [-0.1, -0.05) is 89.8 Å². The zero-order valence-electron chi connectivity index (χ0n) is 18.1. The topological polar surface area (TPSA) is 0 Å². The van der Waals surface area contributed by atoms with Gasteiger partial charge in [0.1, 0.15) is 0 Å². The van der Waals surface area contributed by atoms with Crippen molar-refractivity contribution in [2.24, 2.45) is 0 Å². The van der Waals surface area contributed by atoms with Crippen molar-refractivity contribution >= 4 is 10.8 Å². The number of hydrogen-bond acceptors (Lipinski definition) is 0. The molecule has 0 unspecified atom stereocenters. The standard InChI is InChI=1S/C28H34/c1-5-11-19-17-18-25-21-15-9-10-16-24(21)27-23(14-8-4)20(12-6-2)22(13-7-3)26(19)28(25)27/h9-10,15-18H,5-8,11-14H2,1-4H3. The Bertz CT molecular complexity index is 1010. The van der Waals surface area contributed by atoms with Crippen LogP contribution < -0.4 is 0 Å². The summed E-state index contributed by atoms with van der Waals surface area (Å²) in [5, 5.41) is 3.18. The smallest absolute Gasteiger partial charge is 0.00179 e. The van der Waals surface area contributed by atoms with Gasteiger partial charge < -0.3 is 0 Å². The first-order valence-electron chi connectivity index (χ1n) is 11.5. The average Bonchev–Trinajstić information content (AvgIpc) is 3.04. The fourth-order valence-corrected chi connectivity index (χ4v) is 5.42. The van der Waals surface area contributed by atoms with Crippen molar-refractivity contribution in [1.29, 1.82) is 0 Å². The van der Waals surface area contributed by atoms with Crippen LogP contribution in [0.4, 0.5) is 0 Å². The van der Waals surface area contributed by atoms with Gasteiger partial charge in [0.05, 0.1) is 0 Å². The van der Waals surface area contributed by atoms with Gasteiger partial charge in [0.25, 0.3) is 0 Å². The van der Waals surface area contributed by atoms with E-state index in [2.05, 4.69) is 64.1 Å². The Labute approximate surface area is 171 Å². The number of rotatable bonds is 8. The Kier molecular flexibility index (Phi) is 5.58. The molecule has 0 heterocycles. The molecule has 146 valence electrons. The van der Waals surface area contributed by atoms with Crippen LogP contribution in [-0.2, 0) is 25.7 Å². The van der Waals surface area contributed by atoms with E-state index in [1.54, 1.807) is 38.6 Å². The molecular weight excluding hydrogens is 336 g/mol. The first kappa shape index (κ1) is 19.2. The molecule has 1 aliphatic rings. The third-order valence-corrected chi connectivity index (χ3v) is 6.38. The third-order valence-electron chi connectivity index (χ3n) is 6.38. The molecule has 0 amide bonds. The second-order valence-electron chi connectivity index (χ2n) is 8.38. The minimum atomic E-state index is 1.18. The van der Waals surface area contributed by atoms with Crippen molar-refractivity contribution in [1.82, 2.24) is 0 Å². The number of hydrogen-bond donors (Lipinski definition) is 0. The quantitative estimate of drug-likeness (QED) is 0.292. The van der Waals surface area contributed by atoms with E-state index < -0.39 is 0 Å². The van der Waals surface area contributed by atoms with E-state index in [9.17, 15) is 0 Å². The summed E-state index contributed by atoms with van der Waals surface area (Å²) < 4.78 is 0. The molecule has 3 aromatic carbocycles. The van der Waals surface area contributed by atoms with Crippen LogP contribution in [0.15, 0.2) is 36.4 Å². The van der Waals surface area contributed by atoms with Gasteiger partial charge in [-0.05, 0) is 81.0 Å². The van der Waals surface area contributed by atoms with Crippen LogP contribution in [0.1, 0.15) is 75.6 Å². The Morgan fingerprint density at radius 1 is 0.500 bits per heavy atom. The van der Waals surface area contributed by atoms with Crippen molar-refractivity contribution in [2.75, 3.05) is 0 Å². The zero-order chi connectivity index (χ0) is 19.7. The van der Waals surface area contributed by atoms with Crippen LogP contribution >= 0.6 is 0 Å². The monoisotopic (exact) mass is 370 g/mol. The maximum atomic E-state index is 2.43. The van der Waals surface area contributed by atoms with Crippen molar-refractivity contribution < 1.29 is 0 Å². The Balaban J connectivity index is 2.20. The normalized spacial score (nSPS) is 12.0. The molecule has 4 rings (SSSR count). The van der Waals surface area contributed by atoms with Crippen LogP contribution in [0.2, 0.25) is 0 Å². The van der Waals surface area contributed by atoms with Crippen LogP contribution in [0.25, 0.3) is 33.0 Å². The van der Waals surface area contributed by atoms with Crippen molar-refractivity contribution in [3.63, 3.8) is 0 Å². The highest BCUT2D eigenvalue weighted by Gasteiger charge is 2.28. The van der Waals surface area contributed by atoms with Crippen LogP contribution in [0, 0.1) is 0 Å². The van der Waals surface area contributed by atoms with Crippen LogP contribution in [-0.4, -0.2) is 0 Å². The third kappa shape index (κ3) is 2.89. The lowest BCUT2D eigenvalue weighted by atomic mass is 9.81. The fourth-order valence-electron chi connectivity index (χ4n) is 5.42. The molecule has 0 N–H and O–H groups in total. The van der Waals surface area contributed by atoms with Crippen LogP contribution in [0.5, 0.6) is 0 Å². The molecular formula is C28H34. The van der Waals surface area contributed by atoms with Crippen molar-refractivity contribution in [3.05, 3.63) is 58.7 Å². The summed E-state index contributed by atoms with van der Waals surface area (Å²) in [5.74, 6) is 0. The summed E-state index contributed by atoms with van der Waals surface area (Å²) >= 11 is 0. The minimum absolute atomic E-state index is 1.18. The molecule has 0 spiro atoms. The second-order valence-corrected chi connectivity index (χ2v) is 8.38. The van der Waals surface area contributed by atoms with Crippen LogP contribution in [0.3, 0.4) is 0 Å². The Morgan fingerprint density at radius 2 is 1.11 bits per heavy atom. The fraction of sp³-hybridized carbons (Fsp3) is 0.429. The molecule has 0 saturated carbocycles. The molecule has 0 aromatic heterocycles. The highest BCUT2D eigenvalue weighted by atomic mass is 14.3. The second kappa shape index (κ2) is 8.11. The summed E-state index contributed by atoms with van der Waals surface area (Å²) in [7, 11) is 0. The Morgan fingerprint density at radius 3 is 1.79 bits per heavy atom. The van der Waals surface area contributed by atoms with Gasteiger partial charge in [0.15, 0.2) is 0 Å². The van der Waals surface area contributed by atoms with Crippen molar-refractivity contribution in [2.45, 2.75) is 79.1 Å². The largest absolute Gasteiger partial charge is 0.0651 e. The van der Waals surface area contributed by atoms with E-state index in [-0.39, 0.29) is 0 Å². The lowest BCUT2D eigenvalue weighted by molar-refractivity contribution is 0.831. The lowest BCUT2D eigenvalue weighted by Gasteiger charge is -2.23. The maximum Gasteiger partial charge on any atom is -0.00179 e. The van der Waals surface area contributed by atoms with Gasteiger partial charge >= 0.3 is 0 Å². The lowest BCUT2D eigenvalue weighted by Crippen LogP contribution is -2.06. The number of aryl methyl sites for hydroxylation is 2. The summed E-state index contributed by atoms with van der Waals surface area (Å²) in [6.07, 6.45) is 9.67. The first-order valence-corrected chi connectivity index (χ1v) is 11.5. The summed E-state index contributed by atoms with van der Waals surface area (Å²) in [5.41, 5.74) is 12.5. The van der Waals surface area contributed by atoms with Gasteiger partial charge in [-0.25, -0.2) is 0 Å². The molecule has 28 heavy (non-hydrogen) atoms. The van der Waals surface area contributed by atoms with Gasteiger partial charge in [-0.2, -0.15) is 0 Å². The number of fused-ring (bicyclic) bond motifs is 3. The molecule has 0 radical (unpaired) electrons. The van der Waals surface area contributed by atoms with E-state index >= 15 is 0 Å². The van der Waals surface area contributed by atoms with Crippen molar-refractivity contribution in [3.8, 4) is 22.3 Å². The average molecular weight is 371 g/mol. The first-order chi connectivity index (χ1) is 13.8. The highest BCUT2D eigenvalue weighted by molar-refractivity contribution is 6.18. The molecule has 0 atom stereocenters. The van der Waals surface area contributed by atoms with Gasteiger partial charge in [-0.3, -0.25) is 0 Å². The predicted molar refractivity (Wildman–Crippen MR) is 124 cm³/mol.